The van der Waals surface area contributed by atoms with Gasteiger partial charge in [-0.15, -0.1) is 0 Å². The van der Waals surface area contributed by atoms with E-state index >= 15 is 0 Å². The molecule has 28 heavy (non-hydrogen) atoms. The molecule has 1 saturated heterocycles. The maximum atomic E-state index is 12.7. The maximum absolute atomic E-state index is 12.7. The largest absolute Gasteiger partial charge is 0.325 e. The van der Waals surface area contributed by atoms with Crippen LogP contribution in [0, 0.1) is 6.92 Å². The zero-order valence-electron chi connectivity index (χ0n) is 15.4. The van der Waals surface area contributed by atoms with Gasteiger partial charge in [0.2, 0.25) is 11.8 Å². The van der Waals surface area contributed by atoms with Gasteiger partial charge in [0.1, 0.15) is 5.25 Å². The Morgan fingerprint density at radius 3 is 2.61 bits per heavy atom. The minimum Gasteiger partial charge on any atom is -0.325 e. The summed E-state index contributed by atoms with van der Waals surface area (Å²) >= 11 is 13.4. The number of benzene rings is 2. The van der Waals surface area contributed by atoms with Crippen molar-refractivity contribution >= 4 is 63.3 Å². The summed E-state index contributed by atoms with van der Waals surface area (Å²) < 4.78 is 0. The van der Waals surface area contributed by atoms with Gasteiger partial charge in [-0.2, -0.15) is 0 Å². The highest BCUT2D eigenvalue weighted by Gasteiger charge is 2.35. The molecule has 5 nitrogen and oxygen atoms in total. The summed E-state index contributed by atoms with van der Waals surface area (Å²) in [6.45, 7) is 4.28. The molecule has 1 heterocycles. The van der Waals surface area contributed by atoms with Crippen LogP contribution >= 0.6 is 35.0 Å². The normalized spacial score (nSPS) is 18.4. The lowest BCUT2D eigenvalue weighted by Gasteiger charge is -2.31. The van der Waals surface area contributed by atoms with Gasteiger partial charge < -0.3 is 5.32 Å². The van der Waals surface area contributed by atoms with E-state index in [1.807, 2.05) is 38.1 Å². The SMILES string of the molecule is CCN1C(=O)CC(C(=O)Nc2cccc(C)c2)SC1=Nc1cc(Cl)cc(Cl)c1. The van der Waals surface area contributed by atoms with Crippen LogP contribution in [0.3, 0.4) is 0 Å². The van der Waals surface area contributed by atoms with Gasteiger partial charge in [0, 0.05) is 28.7 Å². The van der Waals surface area contributed by atoms with Crippen LogP contribution in [0.25, 0.3) is 0 Å². The predicted molar refractivity (Wildman–Crippen MR) is 117 cm³/mol. The molecule has 1 aliphatic rings. The highest BCUT2D eigenvalue weighted by molar-refractivity contribution is 8.15. The summed E-state index contributed by atoms with van der Waals surface area (Å²) in [5, 5.41) is 3.68. The highest BCUT2D eigenvalue weighted by Crippen LogP contribution is 2.31. The summed E-state index contributed by atoms with van der Waals surface area (Å²) in [5.74, 6) is -0.367. The van der Waals surface area contributed by atoms with E-state index in [2.05, 4.69) is 10.3 Å². The standard InChI is InChI=1S/C20H19Cl2N3O2S/c1-3-25-18(26)11-17(19(27)23-15-6-4-5-12(2)7-15)28-20(25)24-16-9-13(21)8-14(22)10-16/h4-10,17H,3,11H2,1-2H3,(H,23,27). The Morgan fingerprint density at radius 1 is 1.25 bits per heavy atom. The van der Waals surface area contributed by atoms with Gasteiger partial charge in [0.05, 0.1) is 5.69 Å². The lowest BCUT2D eigenvalue weighted by molar-refractivity contribution is -0.129. The Balaban J connectivity index is 1.84. The van der Waals surface area contributed by atoms with E-state index < -0.39 is 5.25 Å². The fourth-order valence-corrected chi connectivity index (χ4v) is 4.49. The molecule has 0 spiro atoms. The molecule has 8 heteroatoms. The summed E-state index contributed by atoms with van der Waals surface area (Å²) in [5.41, 5.74) is 2.28. The van der Waals surface area contributed by atoms with Crippen LogP contribution in [-0.4, -0.2) is 33.7 Å². The van der Waals surface area contributed by atoms with Gasteiger partial charge in [0.15, 0.2) is 5.17 Å². The first kappa shape index (κ1) is 20.7. The number of aliphatic imine (C=N–C) groups is 1. The smallest absolute Gasteiger partial charge is 0.238 e. The first-order valence-electron chi connectivity index (χ1n) is 8.75. The molecule has 1 unspecified atom stereocenters. The van der Waals surface area contributed by atoms with E-state index in [1.165, 1.54) is 11.8 Å². The zero-order chi connectivity index (χ0) is 20.3. The molecule has 0 radical (unpaired) electrons. The number of halogens is 2. The number of hydrogen-bond acceptors (Lipinski definition) is 4. The van der Waals surface area contributed by atoms with Gasteiger partial charge in [-0.25, -0.2) is 4.99 Å². The number of anilines is 1. The number of aryl methyl sites for hydroxylation is 1. The minimum atomic E-state index is -0.566. The number of amidine groups is 1. The third kappa shape index (κ3) is 5.07. The molecule has 1 N–H and O–H groups in total. The van der Waals surface area contributed by atoms with E-state index in [9.17, 15) is 9.59 Å². The molecule has 1 aliphatic heterocycles. The first-order chi connectivity index (χ1) is 13.4. The molecular weight excluding hydrogens is 417 g/mol. The molecule has 2 aromatic carbocycles. The fourth-order valence-electron chi connectivity index (χ4n) is 2.81. The predicted octanol–water partition coefficient (Wildman–Crippen LogP) is 5.28. The van der Waals surface area contributed by atoms with Crippen LogP contribution in [0.2, 0.25) is 10.0 Å². The Hall–Kier alpha value is -2.02. The highest BCUT2D eigenvalue weighted by atomic mass is 35.5. The van der Waals surface area contributed by atoms with Crippen molar-refractivity contribution in [2.24, 2.45) is 4.99 Å². The number of hydrogen-bond donors (Lipinski definition) is 1. The van der Waals surface area contributed by atoms with E-state index in [4.69, 9.17) is 23.2 Å². The maximum Gasteiger partial charge on any atom is 0.238 e. The van der Waals surface area contributed by atoms with Crippen LogP contribution in [0.15, 0.2) is 47.5 Å². The third-order valence-corrected chi connectivity index (χ3v) is 5.73. The minimum absolute atomic E-state index is 0.117. The Kier molecular flexibility index (Phi) is 6.65. The molecule has 1 atom stereocenters. The van der Waals surface area contributed by atoms with Crippen LogP contribution in [0.5, 0.6) is 0 Å². The molecule has 0 aromatic heterocycles. The van der Waals surface area contributed by atoms with Crippen molar-refractivity contribution in [2.75, 3.05) is 11.9 Å². The second-order valence-electron chi connectivity index (χ2n) is 6.33. The number of rotatable bonds is 4. The lowest BCUT2D eigenvalue weighted by Crippen LogP contribution is -2.45. The molecular formula is C20H19Cl2N3O2S. The molecule has 2 aromatic rings. The monoisotopic (exact) mass is 435 g/mol. The van der Waals surface area contributed by atoms with E-state index in [1.54, 1.807) is 23.1 Å². The summed E-state index contributed by atoms with van der Waals surface area (Å²) in [6.07, 6.45) is 0.117. The topological polar surface area (TPSA) is 61.8 Å². The van der Waals surface area contributed by atoms with Crippen molar-refractivity contribution in [2.45, 2.75) is 25.5 Å². The average molecular weight is 436 g/mol. The molecule has 0 saturated carbocycles. The van der Waals surface area contributed by atoms with Crippen molar-refractivity contribution in [1.82, 2.24) is 4.90 Å². The van der Waals surface area contributed by atoms with E-state index in [0.29, 0.717) is 33.1 Å². The molecule has 2 amide bonds. The Bertz CT molecular complexity index is 929. The van der Waals surface area contributed by atoms with Crippen molar-refractivity contribution in [3.8, 4) is 0 Å². The number of carbonyl (C=O) groups excluding carboxylic acids is 2. The second kappa shape index (κ2) is 8.99. The molecule has 3 rings (SSSR count). The Labute approximate surface area is 178 Å². The van der Waals surface area contributed by atoms with Gasteiger partial charge in [-0.3, -0.25) is 14.5 Å². The Morgan fingerprint density at radius 2 is 1.96 bits per heavy atom. The number of nitrogens with zero attached hydrogens (tertiary/aromatic N) is 2. The fraction of sp³-hybridized carbons (Fsp3) is 0.250. The van der Waals surface area contributed by atoms with Gasteiger partial charge in [-0.05, 0) is 49.7 Å². The lowest BCUT2D eigenvalue weighted by atomic mass is 10.2. The number of carbonyl (C=O) groups is 2. The summed E-state index contributed by atoms with van der Waals surface area (Å²) in [6, 6.07) is 12.5. The first-order valence-corrected chi connectivity index (χ1v) is 10.4. The molecule has 0 aliphatic carbocycles. The number of thioether (sulfide) groups is 1. The van der Waals surface area contributed by atoms with Gasteiger partial charge >= 0.3 is 0 Å². The summed E-state index contributed by atoms with van der Waals surface area (Å²) in [4.78, 5) is 31.4. The van der Waals surface area contributed by atoms with Crippen molar-refractivity contribution in [1.29, 1.82) is 0 Å². The van der Waals surface area contributed by atoms with E-state index in [-0.39, 0.29) is 18.2 Å². The van der Waals surface area contributed by atoms with E-state index in [0.717, 1.165) is 5.56 Å². The van der Waals surface area contributed by atoms with Crippen LogP contribution in [0.4, 0.5) is 11.4 Å². The second-order valence-corrected chi connectivity index (χ2v) is 8.37. The third-order valence-electron chi connectivity index (χ3n) is 4.11. The zero-order valence-corrected chi connectivity index (χ0v) is 17.7. The van der Waals surface area contributed by atoms with Gasteiger partial charge in [0.25, 0.3) is 0 Å². The van der Waals surface area contributed by atoms with Gasteiger partial charge in [-0.1, -0.05) is 47.1 Å². The van der Waals surface area contributed by atoms with Crippen molar-refractivity contribution < 1.29 is 9.59 Å². The van der Waals surface area contributed by atoms with Crippen molar-refractivity contribution in [3.63, 3.8) is 0 Å². The number of amides is 2. The molecule has 146 valence electrons. The van der Waals surface area contributed by atoms with Crippen LogP contribution in [-0.2, 0) is 9.59 Å². The molecule has 0 bridgehead atoms. The number of nitrogens with one attached hydrogen (secondary N) is 1. The summed E-state index contributed by atoms with van der Waals surface area (Å²) in [7, 11) is 0. The quantitative estimate of drug-likeness (QED) is 0.709. The van der Waals surface area contributed by atoms with Crippen LogP contribution < -0.4 is 5.32 Å². The van der Waals surface area contributed by atoms with Crippen LogP contribution in [0.1, 0.15) is 18.9 Å². The molecule has 1 fully saturated rings. The average Bonchev–Trinajstić information content (AvgIpc) is 2.60. The van der Waals surface area contributed by atoms with Crippen molar-refractivity contribution in [3.05, 3.63) is 58.1 Å².